The fraction of sp³-hybridized carbons (Fsp3) is 0.625. The Bertz CT molecular complexity index is 566. The summed E-state index contributed by atoms with van der Waals surface area (Å²) in [5, 5.41) is 3.56. The molecule has 1 atom stereocenters. The third-order valence-corrected chi connectivity index (χ3v) is 5.12. The van der Waals surface area contributed by atoms with E-state index in [0.717, 1.165) is 31.6 Å². The van der Waals surface area contributed by atoms with Crippen LogP contribution in [0.4, 0.5) is 5.00 Å². The Hall–Kier alpha value is -1.40. The molecule has 22 heavy (non-hydrogen) atoms. The molecule has 0 spiro atoms. The van der Waals surface area contributed by atoms with E-state index in [4.69, 9.17) is 4.74 Å². The predicted molar refractivity (Wildman–Crippen MR) is 87.5 cm³/mol. The van der Waals surface area contributed by atoms with Crippen LogP contribution in [0.5, 0.6) is 0 Å². The van der Waals surface area contributed by atoms with Crippen molar-refractivity contribution in [3.8, 4) is 0 Å². The van der Waals surface area contributed by atoms with Gasteiger partial charge >= 0.3 is 5.97 Å². The number of thiophene rings is 1. The Kier molecular flexibility index (Phi) is 5.58. The van der Waals surface area contributed by atoms with Crippen molar-refractivity contribution in [2.75, 3.05) is 25.0 Å². The van der Waals surface area contributed by atoms with Crippen molar-refractivity contribution in [2.45, 2.75) is 40.7 Å². The minimum absolute atomic E-state index is 0.0659. The summed E-state index contributed by atoms with van der Waals surface area (Å²) < 4.78 is 5.20. The molecule has 0 fully saturated rings. The van der Waals surface area contributed by atoms with Gasteiger partial charge in [0.15, 0.2) is 0 Å². The average molecular weight is 325 g/mol. The van der Waals surface area contributed by atoms with Gasteiger partial charge in [-0.15, -0.1) is 11.3 Å². The lowest BCUT2D eigenvalue weighted by Crippen LogP contribution is -3.11. The fourth-order valence-corrected chi connectivity index (χ4v) is 3.91. The fourth-order valence-electron chi connectivity index (χ4n) is 2.60. The summed E-state index contributed by atoms with van der Waals surface area (Å²) in [6, 6.07) is 0. The first kappa shape index (κ1) is 17.0. The van der Waals surface area contributed by atoms with Gasteiger partial charge in [0, 0.05) is 12.3 Å². The maximum Gasteiger partial charge on any atom is 0.341 e. The summed E-state index contributed by atoms with van der Waals surface area (Å²) in [5.74, 6) is -0.505. The summed E-state index contributed by atoms with van der Waals surface area (Å²) >= 11 is 1.53. The van der Waals surface area contributed by atoms with Gasteiger partial charge in [-0.3, -0.25) is 4.79 Å². The molecular weight excluding hydrogens is 300 g/mol. The van der Waals surface area contributed by atoms with Gasteiger partial charge in [0.05, 0.1) is 30.1 Å². The summed E-state index contributed by atoms with van der Waals surface area (Å²) in [6.45, 7) is 11.0. The molecule has 0 aliphatic carbocycles. The zero-order valence-electron chi connectivity index (χ0n) is 13.7. The zero-order chi connectivity index (χ0) is 16.3. The molecule has 6 heteroatoms. The molecular formula is C16H25N2O3S+. The van der Waals surface area contributed by atoms with E-state index in [9.17, 15) is 9.59 Å². The number of quaternary nitrogens is 1. The lowest BCUT2D eigenvalue weighted by Gasteiger charge is -2.22. The summed E-state index contributed by atoms with van der Waals surface area (Å²) in [6.07, 6.45) is 0.862. The average Bonchev–Trinajstić information content (AvgIpc) is 2.83. The lowest BCUT2D eigenvalue weighted by atomic mass is 10.0. The van der Waals surface area contributed by atoms with Crippen molar-refractivity contribution in [1.29, 1.82) is 0 Å². The minimum Gasteiger partial charge on any atom is -0.462 e. The Labute approximate surface area is 135 Å². The molecule has 122 valence electrons. The Morgan fingerprint density at radius 1 is 1.36 bits per heavy atom. The predicted octanol–water partition coefficient (Wildman–Crippen LogP) is 1.48. The van der Waals surface area contributed by atoms with Crippen LogP contribution in [0, 0.1) is 5.92 Å². The molecule has 5 nitrogen and oxygen atoms in total. The highest BCUT2D eigenvalue weighted by molar-refractivity contribution is 7.17. The molecule has 1 unspecified atom stereocenters. The second kappa shape index (κ2) is 7.24. The van der Waals surface area contributed by atoms with Gasteiger partial charge in [0.1, 0.15) is 11.5 Å². The standard InChI is InChI=1S/C16H24N2O3S/c1-5-18-8-7-11-12(9-18)22-15(17-14(19)10(3)4)13(11)16(20)21-6-2/h10H,5-9H2,1-4H3,(H,17,19)/p+1. The maximum absolute atomic E-state index is 12.3. The zero-order valence-corrected chi connectivity index (χ0v) is 14.6. The van der Waals surface area contributed by atoms with Crippen molar-refractivity contribution in [3.63, 3.8) is 0 Å². The number of carbonyl (C=O) groups is 2. The van der Waals surface area contributed by atoms with E-state index in [1.165, 1.54) is 21.1 Å². The van der Waals surface area contributed by atoms with E-state index in [1.807, 2.05) is 13.8 Å². The van der Waals surface area contributed by atoms with Crippen molar-refractivity contribution < 1.29 is 19.2 Å². The number of carbonyl (C=O) groups excluding carboxylic acids is 2. The number of anilines is 1. The molecule has 0 bridgehead atoms. The molecule has 1 amide bonds. The van der Waals surface area contributed by atoms with Crippen molar-refractivity contribution in [2.24, 2.45) is 5.92 Å². The molecule has 2 rings (SSSR count). The van der Waals surface area contributed by atoms with E-state index in [-0.39, 0.29) is 17.8 Å². The third kappa shape index (κ3) is 3.50. The smallest absolute Gasteiger partial charge is 0.341 e. The number of esters is 1. The van der Waals surface area contributed by atoms with E-state index in [1.54, 1.807) is 6.92 Å². The Morgan fingerprint density at radius 2 is 2.09 bits per heavy atom. The SMILES string of the molecule is CCOC(=O)c1c(NC(=O)C(C)C)sc2c1CC[NH+](CC)C2. The van der Waals surface area contributed by atoms with Gasteiger partial charge in [-0.05, 0) is 19.4 Å². The third-order valence-electron chi connectivity index (χ3n) is 3.97. The number of fused-ring (bicyclic) bond motifs is 1. The second-order valence-corrected chi connectivity index (χ2v) is 6.96. The van der Waals surface area contributed by atoms with Gasteiger partial charge in [-0.1, -0.05) is 13.8 Å². The van der Waals surface area contributed by atoms with Crippen molar-refractivity contribution in [1.82, 2.24) is 0 Å². The molecule has 1 aliphatic heterocycles. The van der Waals surface area contributed by atoms with Gasteiger partial charge in [-0.2, -0.15) is 0 Å². The highest BCUT2D eigenvalue weighted by atomic mass is 32.1. The lowest BCUT2D eigenvalue weighted by molar-refractivity contribution is -0.913. The molecule has 0 saturated carbocycles. The molecule has 0 radical (unpaired) electrons. The van der Waals surface area contributed by atoms with E-state index in [0.29, 0.717) is 17.2 Å². The quantitative estimate of drug-likeness (QED) is 0.806. The van der Waals surface area contributed by atoms with Crippen LogP contribution in [0.3, 0.4) is 0 Å². The maximum atomic E-state index is 12.3. The van der Waals surface area contributed by atoms with Crippen LogP contribution < -0.4 is 10.2 Å². The van der Waals surface area contributed by atoms with Gasteiger partial charge in [0.2, 0.25) is 5.91 Å². The Morgan fingerprint density at radius 3 is 2.68 bits per heavy atom. The highest BCUT2D eigenvalue weighted by Gasteiger charge is 2.30. The van der Waals surface area contributed by atoms with E-state index in [2.05, 4.69) is 12.2 Å². The van der Waals surface area contributed by atoms with Gasteiger partial charge in [-0.25, -0.2) is 4.79 Å². The normalized spacial score (nSPS) is 17.2. The first-order valence-electron chi connectivity index (χ1n) is 7.93. The van der Waals surface area contributed by atoms with Gasteiger partial charge < -0.3 is 15.0 Å². The molecule has 1 aliphatic rings. The number of nitrogens with one attached hydrogen (secondary N) is 2. The van der Waals surface area contributed by atoms with Crippen LogP contribution >= 0.6 is 11.3 Å². The molecule has 1 aromatic rings. The number of hydrogen-bond acceptors (Lipinski definition) is 4. The first-order valence-corrected chi connectivity index (χ1v) is 8.75. The summed E-state index contributed by atoms with van der Waals surface area (Å²) in [4.78, 5) is 27.0. The van der Waals surface area contributed by atoms with Crippen LogP contribution in [-0.2, 0) is 22.5 Å². The van der Waals surface area contributed by atoms with Crippen molar-refractivity contribution in [3.05, 3.63) is 16.0 Å². The summed E-state index contributed by atoms with van der Waals surface area (Å²) in [5.41, 5.74) is 1.64. The number of hydrogen-bond donors (Lipinski definition) is 2. The van der Waals surface area contributed by atoms with E-state index < -0.39 is 0 Å². The number of ether oxygens (including phenoxy) is 1. The number of amides is 1. The van der Waals surface area contributed by atoms with Gasteiger partial charge in [0.25, 0.3) is 0 Å². The monoisotopic (exact) mass is 325 g/mol. The van der Waals surface area contributed by atoms with Crippen LogP contribution in [0.1, 0.15) is 48.5 Å². The number of likely N-dealkylation sites (N-methyl/N-ethyl adjacent to an activating group) is 1. The highest BCUT2D eigenvalue weighted by Crippen LogP contribution is 2.35. The van der Waals surface area contributed by atoms with Crippen LogP contribution in [0.15, 0.2) is 0 Å². The number of rotatable bonds is 5. The topological polar surface area (TPSA) is 59.8 Å². The molecule has 0 saturated heterocycles. The largest absolute Gasteiger partial charge is 0.462 e. The van der Waals surface area contributed by atoms with Crippen molar-refractivity contribution >= 4 is 28.2 Å². The molecule has 0 aromatic carbocycles. The molecule has 2 N–H and O–H groups in total. The molecule has 1 aromatic heterocycles. The minimum atomic E-state index is -0.320. The van der Waals surface area contributed by atoms with Crippen LogP contribution in [0.2, 0.25) is 0 Å². The summed E-state index contributed by atoms with van der Waals surface area (Å²) in [7, 11) is 0. The Balaban J connectivity index is 2.37. The molecule has 2 heterocycles. The van der Waals surface area contributed by atoms with E-state index >= 15 is 0 Å². The van der Waals surface area contributed by atoms with Crippen LogP contribution in [0.25, 0.3) is 0 Å². The second-order valence-electron chi connectivity index (χ2n) is 5.85. The first-order chi connectivity index (χ1) is 10.5. The van der Waals surface area contributed by atoms with Crippen LogP contribution in [-0.4, -0.2) is 31.6 Å².